The number of carbonyl (C=O) groups excluding carboxylic acids is 2. The van der Waals surface area contributed by atoms with Gasteiger partial charge in [0.05, 0.1) is 12.0 Å². The van der Waals surface area contributed by atoms with Crippen molar-refractivity contribution in [3.63, 3.8) is 0 Å². The monoisotopic (exact) mass is 445 g/mol. The molecule has 0 atom stereocenters. The van der Waals surface area contributed by atoms with Crippen LogP contribution in [0.3, 0.4) is 0 Å². The summed E-state index contributed by atoms with van der Waals surface area (Å²) in [6.45, 7) is 1.07. The number of likely N-dealkylation sites (tertiary alicyclic amines) is 1. The van der Waals surface area contributed by atoms with Gasteiger partial charge in [0.2, 0.25) is 17.6 Å². The van der Waals surface area contributed by atoms with Crippen LogP contribution in [0.15, 0.2) is 52.2 Å². The summed E-state index contributed by atoms with van der Waals surface area (Å²) >= 11 is 7.33. The van der Waals surface area contributed by atoms with E-state index in [4.69, 9.17) is 21.8 Å². The van der Waals surface area contributed by atoms with E-state index in [1.54, 1.807) is 35.4 Å². The first-order valence-electron chi connectivity index (χ1n) is 9.48. The van der Waals surface area contributed by atoms with Crippen molar-refractivity contribution in [2.75, 3.05) is 18.8 Å². The number of piperidine rings is 1. The number of halogens is 1. The maximum absolute atomic E-state index is 12.7. The van der Waals surface area contributed by atoms with Crippen molar-refractivity contribution in [1.29, 1.82) is 0 Å². The molecule has 2 amide bonds. The number of rotatable bonds is 6. The molecule has 10 heteroatoms. The van der Waals surface area contributed by atoms with Gasteiger partial charge in [-0.1, -0.05) is 23.4 Å². The Bertz CT molecular complexity index is 1030. The van der Waals surface area contributed by atoms with Crippen molar-refractivity contribution >= 4 is 35.2 Å². The minimum atomic E-state index is -0.294. The SMILES string of the molecule is NC(=O)C1CCN(C(=O)CSc2nnc(-c3ccco3)n2-c2ccc(Cl)cc2)CC1. The summed E-state index contributed by atoms with van der Waals surface area (Å²) in [4.78, 5) is 25.8. The summed E-state index contributed by atoms with van der Waals surface area (Å²) in [7, 11) is 0. The van der Waals surface area contributed by atoms with Crippen LogP contribution in [0.5, 0.6) is 0 Å². The van der Waals surface area contributed by atoms with E-state index >= 15 is 0 Å². The lowest BCUT2D eigenvalue weighted by Gasteiger charge is -2.30. The first-order valence-corrected chi connectivity index (χ1v) is 10.8. The summed E-state index contributed by atoms with van der Waals surface area (Å²) in [6, 6.07) is 10.9. The topological polar surface area (TPSA) is 107 Å². The van der Waals surface area contributed by atoms with Crippen LogP contribution < -0.4 is 5.73 Å². The van der Waals surface area contributed by atoms with Gasteiger partial charge >= 0.3 is 0 Å². The molecule has 3 aromatic rings. The molecule has 4 rings (SSSR count). The molecular formula is C20H20ClN5O3S. The molecule has 0 saturated carbocycles. The Balaban J connectivity index is 1.51. The second-order valence-corrected chi connectivity index (χ2v) is 8.32. The van der Waals surface area contributed by atoms with Gasteiger partial charge in [-0.25, -0.2) is 0 Å². The molecule has 1 fully saturated rings. The third-order valence-corrected chi connectivity index (χ3v) is 6.20. The third-order valence-electron chi connectivity index (χ3n) is 5.03. The second kappa shape index (κ2) is 8.93. The molecule has 0 aliphatic carbocycles. The molecule has 8 nitrogen and oxygen atoms in total. The van der Waals surface area contributed by atoms with Gasteiger partial charge in [-0.3, -0.25) is 14.2 Å². The molecule has 0 spiro atoms. The van der Waals surface area contributed by atoms with E-state index in [9.17, 15) is 9.59 Å². The van der Waals surface area contributed by atoms with E-state index in [1.165, 1.54) is 11.8 Å². The van der Waals surface area contributed by atoms with Crippen molar-refractivity contribution < 1.29 is 14.0 Å². The van der Waals surface area contributed by atoms with E-state index in [1.807, 2.05) is 16.7 Å². The lowest BCUT2D eigenvalue weighted by Crippen LogP contribution is -2.42. The summed E-state index contributed by atoms with van der Waals surface area (Å²) in [5.41, 5.74) is 6.18. The number of carbonyl (C=O) groups is 2. The number of primary amides is 1. The summed E-state index contributed by atoms with van der Waals surface area (Å²) in [5.74, 6) is 0.880. The van der Waals surface area contributed by atoms with Gasteiger partial charge in [0.15, 0.2) is 10.9 Å². The highest BCUT2D eigenvalue weighted by atomic mass is 35.5. The lowest BCUT2D eigenvalue weighted by atomic mass is 9.96. The van der Waals surface area contributed by atoms with E-state index < -0.39 is 0 Å². The van der Waals surface area contributed by atoms with Gasteiger partial charge in [-0.2, -0.15) is 0 Å². The standard InChI is InChI=1S/C20H20ClN5O3S/c21-14-3-5-15(6-4-14)26-19(16-2-1-11-29-16)23-24-20(26)30-12-17(27)25-9-7-13(8-10-25)18(22)28/h1-6,11,13H,7-10,12H2,(H2,22,28). The molecule has 1 aliphatic heterocycles. The van der Waals surface area contributed by atoms with Crippen LogP contribution in [0.4, 0.5) is 0 Å². The van der Waals surface area contributed by atoms with Gasteiger partial charge in [-0.15, -0.1) is 10.2 Å². The number of nitrogens with zero attached hydrogens (tertiary/aromatic N) is 4. The van der Waals surface area contributed by atoms with Gasteiger partial charge < -0.3 is 15.1 Å². The zero-order chi connectivity index (χ0) is 21.1. The zero-order valence-corrected chi connectivity index (χ0v) is 17.6. The Morgan fingerprint density at radius 3 is 2.53 bits per heavy atom. The van der Waals surface area contributed by atoms with Crippen LogP contribution in [0.2, 0.25) is 5.02 Å². The van der Waals surface area contributed by atoms with Crippen LogP contribution in [-0.2, 0) is 9.59 Å². The third kappa shape index (κ3) is 4.36. The smallest absolute Gasteiger partial charge is 0.233 e. The maximum atomic E-state index is 12.7. The Labute approximate surface area is 182 Å². The van der Waals surface area contributed by atoms with Crippen molar-refractivity contribution in [1.82, 2.24) is 19.7 Å². The van der Waals surface area contributed by atoms with Gasteiger partial charge in [0.25, 0.3) is 0 Å². The number of nitrogens with two attached hydrogens (primary N) is 1. The molecule has 0 radical (unpaired) electrons. The number of furan rings is 1. The van der Waals surface area contributed by atoms with E-state index in [-0.39, 0.29) is 23.5 Å². The Kier molecular flexibility index (Phi) is 6.10. The predicted molar refractivity (Wildman–Crippen MR) is 113 cm³/mol. The molecule has 1 saturated heterocycles. The van der Waals surface area contributed by atoms with Crippen molar-refractivity contribution in [2.45, 2.75) is 18.0 Å². The molecule has 0 unspecified atom stereocenters. The highest BCUT2D eigenvalue weighted by molar-refractivity contribution is 7.99. The summed E-state index contributed by atoms with van der Waals surface area (Å²) in [5, 5.41) is 9.73. The van der Waals surface area contributed by atoms with Crippen molar-refractivity contribution in [2.24, 2.45) is 11.7 Å². The average Bonchev–Trinajstić information content (AvgIpc) is 3.42. The summed E-state index contributed by atoms with van der Waals surface area (Å²) in [6.07, 6.45) is 2.78. The van der Waals surface area contributed by atoms with Gasteiger partial charge in [-0.05, 0) is 49.2 Å². The quantitative estimate of drug-likeness (QED) is 0.584. The fraction of sp³-hybridized carbons (Fsp3) is 0.300. The highest BCUT2D eigenvalue weighted by Crippen LogP contribution is 2.29. The molecule has 2 aromatic heterocycles. The number of benzene rings is 1. The predicted octanol–water partition coefficient (Wildman–Crippen LogP) is 3.00. The zero-order valence-electron chi connectivity index (χ0n) is 16.0. The molecule has 1 aliphatic rings. The van der Waals surface area contributed by atoms with Gasteiger partial charge in [0.1, 0.15) is 0 Å². The van der Waals surface area contributed by atoms with E-state index in [2.05, 4.69) is 10.2 Å². The van der Waals surface area contributed by atoms with E-state index in [0.717, 1.165) is 5.69 Å². The molecule has 156 valence electrons. The van der Waals surface area contributed by atoms with Crippen LogP contribution in [0.25, 0.3) is 17.3 Å². The fourth-order valence-electron chi connectivity index (χ4n) is 3.38. The average molecular weight is 446 g/mol. The first kappa shape index (κ1) is 20.5. The molecular weight excluding hydrogens is 426 g/mol. The minimum absolute atomic E-state index is 0.00637. The van der Waals surface area contributed by atoms with Gasteiger partial charge in [0, 0.05) is 29.7 Å². The number of amides is 2. The van der Waals surface area contributed by atoms with Crippen LogP contribution in [0.1, 0.15) is 12.8 Å². The van der Waals surface area contributed by atoms with Crippen LogP contribution in [-0.4, -0.2) is 50.3 Å². The molecule has 30 heavy (non-hydrogen) atoms. The molecule has 0 bridgehead atoms. The van der Waals surface area contributed by atoms with Crippen LogP contribution >= 0.6 is 23.4 Å². The number of thioether (sulfide) groups is 1. The van der Waals surface area contributed by atoms with Crippen molar-refractivity contribution in [3.8, 4) is 17.3 Å². The Morgan fingerprint density at radius 1 is 1.17 bits per heavy atom. The molecule has 1 aromatic carbocycles. The first-order chi connectivity index (χ1) is 14.5. The van der Waals surface area contributed by atoms with E-state index in [0.29, 0.717) is 47.7 Å². The largest absolute Gasteiger partial charge is 0.461 e. The Morgan fingerprint density at radius 2 is 1.90 bits per heavy atom. The normalized spacial score (nSPS) is 14.8. The minimum Gasteiger partial charge on any atom is -0.461 e. The maximum Gasteiger partial charge on any atom is 0.233 e. The highest BCUT2D eigenvalue weighted by Gasteiger charge is 2.26. The molecule has 3 heterocycles. The fourth-order valence-corrected chi connectivity index (χ4v) is 4.36. The second-order valence-electron chi connectivity index (χ2n) is 6.94. The van der Waals surface area contributed by atoms with Crippen LogP contribution in [0, 0.1) is 5.92 Å². The molecule has 2 N–H and O–H groups in total. The Hall–Kier alpha value is -2.78. The number of hydrogen-bond donors (Lipinski definition) is 1. The summed E-state index contributed by atoms with van der Waals surface area (Å²) < 4.78 is 7.34. The lowest BCUT2D eigenvalue weighted by molar-refractivity contribution is -0.132. The number of aromatic nitrogens is 3. The van der Waals surface area contributed by atoms with Crippen molar-refractivity contribution in [3.05, 3.63) is 47.7 Å². The number of hydrogen-bond acceptors (Lipinski definition) is 6.